The molecule has 2 amide bonds. The summed E-state index contributed by atoms with van der Waals surface area (Å²) < 4.78 is 7.94. The molecule has 0 bridgehead atoms. The molecule has 0 spiro atoms. The van der Waals surface area contributed by atoms with Crippen molar-refractivity contribution in [3.05, 3.63) is 29.6 Å². The molecule has 4 rings (SSSR count). The van der Waals surface area contributed by atoms with Gasteiger partial charge in [-0.15, -0.1) is 5.10 Å². The normalized spacial score (nSPS) is 16.2. The van der Waals surface area contributed by atoms with Crippen molar-refractivity contribution >= 4 is 17.5 Å². The monoisotopic (exact) mass is 579 g/mol. The summed E-state index contributed by atoms with van der Waals surface area (Å²) in [6.45, 7) is -0.333. The lowest BCUT2D eigenvalue weighted by Crippen LogP contribution is -2.42. The summed E-state index contributed by atoms with van der Waals surface area (Å²) >= 11 is 0. The first-order valence-electron chi connectivity index (χ1n) is 13.8. The smallest absolute Gasteiger partial charge is 0.234 e. The Morgan fingerprint density at radius 2 is 1.76 bits per heavy atom. The van der Waals surface area contributed by atoms with Crippen LogP contribution in [0.15, 0.2) is 18.2 Å². The molecule has 2 heterocycles. The minimum atomic E-state index is -0.848. The first kappa shape index (κ1) is 30.9. The summed E-state index contributed by atoms with van der Waals surface area (Å²) in [5.74, 6) is -0.268. The number of tetrazole rings is 1. The highest BCUT2D eigenvalue weighted by Gasteiger charge is 2.32. The fourth-order valence-electron chi connectivity index (χ4n) is 5.24. The number of benzene rings is 1. The molecule has 1 aromatic heterocycles. The Kier molecular flexibility index (Phi) is 11.5. The number of aryl methyl sites for hydroxylation is 2. The molecule has 1 saturated carbocycles. The molecule has 1 aromatic carbocycles. The zero-order valence-electron chi connectivity index (χ0n) is 22.7. The van der Waals surface area contributed by atoms with Crippen molar-refractivity contribution in [1.82, 2.24) is 31.0 Å². The summed E-state index contributed by atoms with van der Waals surface area (Å²) in [6.07, 6.45) is 8.66. The average molecular weight is 580 g/mol. The van der Waals surface area contributed by atoms with Gasteiger partial charge in [0.1, 0.15) is 5.75 Å². The molecule has 1 aliphatic heterocycles. The maximum atomic E-state index is 13.1. The number of anilines is 1. The van der Waals surface area contributed by atoms with Gasteiger partial charge in [-0.1, -0.05) is 19.3 Å². The number of carbonyl (C=O) groups is 2. The Labute approximate surface area is 236 Å². The van der Waals surface area contributed by atoms with Crippen LogP contribution in [0.5, 0.6) is 5.75 Å². The van der Waals surface area contributed by atoms with Crippen LogP contribution in [0.2, 0.25) is 0 Å². The van der Waals surface area contributed by atoms with E-state index in [9.17, 15) is 9.59 Å². The Morgan fingerprint density at radius 1 is 1.02 bits per heavy atom. The predicted molar refractivity (Wildman–Crippen MR) is 136 cm³/mol. The molecule has 0 atom stereocenters. The van der Waals surface area contributed by atoms with Crippen LogP contribution in [0.1, 0.15) is 75.2 Å². The zero-order chi connectivity index (χ0) is 29.2. The van der Waals surface area contributed by atoms with Gasteiger partial charge in [0.25, 0.3) is 0 Å². The lowest BCUT2D eigenvalue weighted by Gasteiger charge is -2.29. The number of hydrogen-bond donors (Lipinski definition) is 4. The van der Waals surface area contributed by atoms with E-state index < -0.39 is 35.8 Å². The highest BCUT2D eigenvalue weighted by molar-refractivity contribution is 6.16. The zero-order valence-corrected chi connectivity index (χ0v) is 22.7. The van der Waals surface area contributed by atoms with Gasteiger partial charge in [0, 0.05) is 25.2 Å². The van der Waals surface area contributed by atoms with Gasteiger partial charge in [-0.2, -0.15) is 0 Å². The summed E-state index contributed by atoms with van der Waals surface area (Å²) in [6, 6.07) is 5.58. The second-order valence-corrected chi connectivity index (χ2v) is 10.2. The molecule has 0 unspecified atom stereocenters. The van der Waals surface area contributed by atoms with E-state index in [1.54, 1.807) is 12.1 Å². The van der Waals surface area contributed by atoms with E-state index in [1.165, 1.54) is 19.3 Å². The molecule has 0 radical (unpaired) electrons. The molecule has 1 aliphatic carbocycles. The van der Waals surface area contributed by atoms with Crippen molar-refractivity contribution < 1.29 is 44.8 Å². The lowest BCUT2D eigenvalue weighted by molar-refractivity contribution is -0.505. The van der Waals surface area contributed by atoms with Crippen molar-refractivity contribution in [2.75, 3.05) is 24.7 Å². The first-order valence-corrected chi connectivity index (χ1v) is 13.8. The largest absolute Gasteiger partial charge is 0.494 e. The molecular weight excluding hydrogens is 542 g/mol. The summed E-state index contributed by atoms with van der Waals surface area (Å²) in [5, 5.41) is 46.5. The minimum absolute atomic E-state index is 0.123. The Balaban J connectivity index is 1.29. The van der Waals surface area contributed by atoms with Crippen molar-refractivity contribution in [3.8, 4) is 5.75 Å². The molecule has 2 aliphatic rings. The molecule has 16 nitrogen and oxygen atoms in total. The van der Waals surface area contributed by atoms with Crippen LogP contribution < -0.4 is 9.64 Å². The van der Waals surface area contributed by atoms with Gasteiger partial charge in [-0.25, -0.2) is 4.68 Å². The van der Waals surface area contributed by atoms with E-state index in [4.69, 9.17) is 25.6 Å². The van der Waals surface area contributed by atoms with Crippen LogP contribution in [0.3, 0.4) is 0 Å². The third-order valence-electron chi connectivity index (χ3n) is 7.26. The van der Waals surface area contributed by atoms with Gasteiger partial charge in [-0.05, 0) is 66.3 Å². The Morgan fingerprint density at radius 3 is 2.46 bits per heavy atom. The van der Waals surface area contributed by atoms with Crippen LogP contribution in [0, 0.1) is 5.92 Å². The van der Waals surface area contributed by atoms with E-state index >= 15 is 0 Å². The lowest BCUT2D eigenvalue weighted by atomic mass is 9.95. The predicted octanol–water partition coefficient (Wildman–Crippen LogP) is 2.42. The van der Waals surface area contributed by atoms with Crippen LogP contribution in [-0.4, -0.2) is 83.5 Å². The van der Waals surface area contributed by atoms with E-state index in [2.05, 4.69) is 25.2 Å². The fraction of sp³-hybridized carbons (Fsp3) is 0.640. The second-order valence-electron chi connectivity index (χ2n) is 10.2. The number of rotatable bonds is 15. The summed E-state index contributed by atoms with van der Waals surface area (Å²) in [7, 11) is 0. The second kappa shape index (κ2) is 15.2. The van der Waals surface area contributed by atoms with E-state index in [-0.39, 0.29) is 18.7 Å². The molecule has 1 fully saturated rings. The molecule has 4 N–H and O–H groups in total. The Hall–Kier alpha value is -3.09. The summed E-state index contributed by atoms with van der Waals surface area (Å²) in [5.41, 5.74) is 1.21. The first-order chi connectivity index (χ1) is 19.8. The van der Waals surface area contributed by atoms with Crippen molar-refractivity contribution in [2.24, 2.45) is 5.92 Å². The number of hydrogen-bond acceptors (Lipinski definition) is 14. The van der Waals surface area contributed by atoms with Crippen molar-refractivity contribution in [3.63, 3.8) is 0 Å². The van der Waals surface area contributed by atoms with Gasteiger partial charge in [0.15, 0.2) is 5.82 Å². The fourth-order valence-corrected chi connectivity index (χ4v) is 5.24. The third-order valence-corrected chi connectivity index (χ3v) is 7.26. The summed E-state index contributed by atoms with van der Waals surface area (Å²) in [4.78, 5) is 35.9. The topological polar surface area (TPSA) is 196 Å². The molecule has 2 aromatic rings. The minimum Gasteiger partial charge on any atom is -0.494 e. The average Bonchev–Trinajstić information content (AvgIpc) is 3.43. The van der Waals surface area contributed by atoms with Gasteiger partial charge in [-0.3, -0.25) is 45.0 Å². The van der Waals surface area contributed by atoms with Gasteiger partial charge < -0.3 is 4.74 Å². The molecule has 0 saturated heterocycles. The quantitative estimate of drug-likeness (QED) is 0.177. The van der Waals surface area contributed by atoms with Crippen LogP contribution in [0.4, 0.5) is 5.69 Å². The van der Waals surface area contributed by atoms with Gasteiger partial charge >= 0.3 is 0 Å². The van der Waals surface area contributed by atoms with Crippen LogP contribution in [0.25, 0.3) is 0 Å². The number of imide groups is 1. The number of unbranched alkanes of at least 4 members (excludes halogenated alkanes) is 1. The van der Waals surface area contributed by atoms with Gasteiger partial charge in [0.05, 0.1) is 42.3 Å². The van der Waals surface area contributed by atoms with E-state index in [1.807, 2.05) is 10.7 Å². The highest BCUT2D eigenvalue weighted by Crippen LogP contribution is 2.32. The molecule has 41 heavy (non-hydrogen) atoms. The number of ether oxygens (including phenoxy) is 1. The maximum Gasteiger partial charge on any atom is 0.234 e. The standard InChI is InChI=1S/C25H37N7O9/c33-24-12-9-19-15-21(39-13-5-4-8-23-26-27-28-30(23)20-6-2-1-3-7-20)10-11-22(19)29(24)25(34)14-18(16-40-31(35)36)17-41-32(37)38/h10-11,15,18,20,35-38H,1-9,12-14,16-17H2. The number of fused-ring (bicyclic) bond motifs is 1. The number of carbonyl (C=O) groups excluding carboxylic acids is 2. The van der Waals surface area contributed by atoms with Gasteiger partial charge in [0.2, 0.25) is 11.8 Å². The van der Waals surface area contributed by atoms with Crippen molar-refractivity contribution in [1.29, 1.82) is 0 Å². The number of amides is 2. The van der Waals surface area contributed by atoms with E-state index in [0.29, 0.717) is 30.5 Å². The molecule has 226 valence electrons. The number of nitrogens with zero attached hydrogens (tertiary/aromatic N) is 7. The Bertz CT molecular complexity index is 1130. The van der Waals surface area contributed by atoms with Crippen molar-refractivity contribution in [2.45, 2.75) is 76.7 Å². The van der Waals surface area contributed by atoms with Crippen LogP contribution in [-0.2, 0) is 32.1 Å². The number of aromatic nitrogens is 4. The SMILES string of the molecule is O=C1CCc2cc(OCCCCc3nnnn3C3CCCCC3)ccc2N1C(=O)CC(CON(O)O)CON(O)O. The maximum absolute atomic E-state index is 13.1. The highest BCUT2D eigenvalue weighted by atomic mass is 17.1. The van der Waals surface area contributed by atoms with Crippen LogP contribution >= 0.6 is 0 Å². The third kappa shape index (κ3) is 8.95. The molecular formula is C25H37N7O9. The van der Waals surface area contributed by atoms with E-state index in [0.717, 1.165) is 48.4 Å². The molecule has 16 heteroatoms.